The maximum absolute atomic E-state index is 13.3. The molecule has 0 spiro atoms. The van der Waals surface area contributed by atoms with Crippen LogP contribution in [0.3, 0.4) is 0 Å². The lowest BCUT2D eigenvalue weighted by atomic mass is 10.1. The topological polar surface area (TPSA) is 92.6 Å². The molecule has 2 rings (SSSR count). The van der Waals surface area contributed by atoms with Crippen LogP contribution < -0.4 is 5.32 Å². The zero-order valence-corrected chi connectivity index (χ0v) is 19.1. The van der Waals surface area contributed by atoms with Gasteiger partial charge in [0.2, 0.25) is 11.8 Å². The molecule has 0 radical (unpaired) electrons. The molecule has 7 nitrogen and oxygen atoms in total. The lowest BCUT2D eigenvalue weighted by Crippen LogP contribution is -2.50. The molecular formula is C22H25Cl2N3O4. The van der Waals surface area contributed by atoms with Crippen LogP contribution in [0.2, 0.25) is 10.0 Å². The van der Waals surface area contributed by atoms with Crippen molar-refractivity contribution in [1.29, 1.82) is 0 Å². The number of carbonyl (C=O) groups is 2. The van der Waals surface area contributed by atoms with Gasteiger partial charge in [-0.3, -0.25) is 19.7 Å². The number of halogens is 2. The van der Waals surface area contributed by atoms with Gasteiger partial charge in [0, 0.05) is 39.8 Å². The fraction of sp³-hybridized carbons (Fsp3) is 0.364. The molecule has 0 fully saturated rings. The molecule has 2 amide bonds. The Bertz CT molecular complexity index is 947. The summed E-state index contributed by atoms with van der Waals surface area (Å²) >= 11 is 12.6. The predicted octanol–water partition coefficient (Wildman–Crippen LogP) is 4.78. The van der Waals surface area contributed by atoms with Gasteiger partial charge < -0.3 is 10.2 Å². The largest absolute Gasteiger partial charge is 0.352 e. The van der Waals surface area contributed by atoms with Gasteiger partial charge in [-0.1, -0.05) is 54.4 Å². The monoisotopic (exact) mass is 465 g/mol. The van der Waals surface area contributed by atoms with E-state index in [2.05, 4.69) is 5.32 Å². The van der Waals surface area contributed by atoms with Crippen LogP contribution in [0.15, 0.2) is 42.5 Å². The van der Waals surface area contributed by atoms with Gasteiger partial charge >= 0.3 is 0 Å². The van der Waals surface area contributed by atoms with E-state index in [0.717, 1.165) is 6.42 Å². The van der Waals surface area contributed by atoms with E-state index in [1.165, 1.54) is 23.1 Å². The molecule has 0 aliphatic heterocycles. The third-order valence-corrected chi connectivity index (χ3v) is 5.80. The molecule has 166 valence electrons. The number of rotatable bonds is 9. The van der Waals surface area contributed by atoms with Gasteiger partial charge in [0.15, 0.2) is 0 Å². The first-order chi connectivity index (χ1) is 14.6. The van der Waals surface area contributed by atoms with Crippen LogP contribution in [-0.4, -0.2) is 33.7 Å². The molecule has 0 saturated heterocycles. The summed E-state index contributed by atoms with van der Waals surface area (Å²) in [4.78, 5) is 38.2. The highest BCUT2D eigenvalue weighted by Gasteiger charge is 2.29. The standard InChI is InChI=1S/C22H25Cl2N3O4/c1-4-14(2)25-22(29)15(3)26(13-17-18(23)9-7-10-19(17)24)21(28)12-16-8-5-6-11-20(16)27(30)31/h5-11,14-15H,4,12-13H2,1-3H3,(H,25,29)/t14-,15-/m0/s1. The van der Waals surface area contributed by atoms with Crippen molar-refractivity contribution >= 4 is 40.7 Å². The van der Waals surface area contributed by atoms with Crippen molar-refractivity contribution < 1.29 is 14.5 Å². The zero-order valence-electron chi connectivity index (χ0n) is 17.6. The number of nitrogens with zero attached hydrogens (tertiary/aromatic N) is 2. The first-order valence-electron chi connectivity index (χ1n) is 9.90. The Labute approximate surface area is 191 Å². The number of nitro benzene ring substituents is 1. The Morgan fingerprint density at radius 3 is 2.29 bits per heavy atom. The van der Waals surface area contributed by atoms with Crippen LogP contribution in [-0.2, 0) is 22.6 Å². The van der Waals surface area contributed by atoms with Crippen molar-refractivity contribution in [3.63, 3.8) is 0 Å². The molecule has 31 heavy (non-hydrogen) atoms. The molecule has 2 atom stereocenters. The minimum absolute atomic E-state index is 0.00688. The summed E-state index contributed by atoms with van der Waals surface area (Å²) in [6.07, 6.45) is 0.499. The normalized spacial score (nSPS) is 12.7. The molecule has 0 unspecified atom stereocenters. The number of benzene rings is 2. The summed E-state index contributed by atoms with van der Waals surface area (Å²) in [5, 5.41) is 14.9. The third kappa shape index (κ3) is 6.42. The molecule has 0 heterocycles. The second-order valence-corrected chi connectivity index (χ2v) is 8.09. The van der Waals surface area contributed by atoms with E-state index in [0.29, 0.717) is 15.6 Å². The summed E-state index contributed by atoms with van der Waals surface area (Å²) < 4.78 is 0. The second-order valence-electron chi connectivity index (χ2n) is 7.28. The summed E-state index contributed by atoms with van der Waals surface area (Å²) in [5.41, 5.74) is 0.621. The van der Waals surface area contributed by atoms with Crippen LogP contribution >= 0.6 is 23.2 Å². The molecule has 9 heteroatoms. The molecule has 1 N–H and O–H groups in total. The average Bonchev–Trinajstić information content (AvgIpc) is 2.73. The van der Waals surface area contributed by atoms with Gasteiger partial charge in [-0.25, -0.2) is 0 Å². The molecular weight excluding hydrogens is 441 g/mol. The van der Waals surface area contributed by atoms with Crippen LogP contribution in [0.5, 0.6) is 0 Å². The lowest BCUT2D eigenvalue weighted by Gasteiger charge is -2.30. The van der Waals surface area contributed by atoms with Gasteiger partial charge in [-0.15, -0.1) is 0 Å². The highest BCUT2D eigenvalue weighted by atomic mass is 35.5. The zero-order chi connectivity index (χ0) is 23.1. The molecule has 2 aromatic carbocycles. The fourth-order valence-corrected chi connectivity index (χ4v) is 3.52. The summed E-state index contributed by atoms with van der Waals surface area (Å²) in [5.74, 6) is -0.773. The van der Waals surface area contributed by atoms with Gasteiger partial charge in [0.05, 0.1) is 11.3 Å². The molecule has 0 bridgehead atoms. The van der Waals surface area contributed by atoms with E-state index in [1.54, 1.807) is 31.2 Å². The SMILES string of the molecule is CC[C@H](C)NC(=O)[C@H](C)N(Cc1c(Cl)cccc1Cl)C(=O)Cc1ccccc1[N+](=O)[O-]. The summed E-state index contributed by atoms with van der Waals surface area (Å²) in [6.45, 7) is 5.42. The van der Waals surface area contributed by atoms with E-state index < -0.39 is 16.9 Å². The maximum Gasteiger partial charge on any atom is 0.273 e. The average molecular weight is 466 g/mol. The lowest BCUT2D eigenvalue weighted by molar-refractivity contribution is -0.385. The van der Waals surface area contributed by atoms with E-state index in [-0.39, 0.29) is 36.2 Å². The Hall–Kier alpha value is -2.64. The quantitative estimate of drug-likeness (QED) is 0.426. The van der Waals surface area contributed by atoms with Crippen LogP contribution in [0, 0.1) is 10.1 Å². The van der Waals surface area contributed by atoms with Gasteiger partial charge in [0.1, 0.15) is 6.04 Å². The van der Waals surface area contributed by atoms with Gasteiger partial charge in [0.25, 0.3) is 5.69 Å². The first kappa shape index (κ1) is 24.6. The number of amides is 2. The van der Waals surface area contributed by atoms with Gasteiger partial charge in [-0.05, 0) is 32.4 Å². The Morgan fingerprint density at radius 1 is 1.10 bits per heavy atom. The van der Waals surface area contributed by atoms with Crippen LogP contribution in [0.25, 0.3) is 0 Å². The fourth-order valence-electron chi connectivity index (χ4n) is 3.00. The number of nitro groups is 1. The summed E-state index contributed by atoms with van der Waals surface area (Å²) in [7, 11) is 0. The predicted molar refractivity (Wildman–Crippen MR) is 121 cm³/mol. The minimum atomic E-state index is -0.836. The van der Waals surface area contributed by atoms with Crippen LogP contribution in [0.1, 0.15) is 38.3 Å². The first-order valence-corrected chi connectivity index (χ1v) is 10.7. The van der Waals surface area contributed by atoms with Crippen molar-refractivity contribution in [3.8, 4) is 0 Å². The molecule has 2 aromatic rings. The van der Waals surface area contributed by atoms with Crippen molar-refractivity contribution in [1.82, 2.24) is 10.2 Å². The van der Waals surface area contributed by atoms with Crippen LogP contribution in [0.4, 0.5) is 5.69 Å². The van der Waals surface area contributed by atoms with Crippen molar-refractivity contribution in [2.45, 2.75) is 52.2 Å². The molecule has 0 aliphatic carbocycles. The molecule has 0 saturated carbocycles. The molecule has 0 aliphatic rings. The van der Waals surface area contributed by atoms with E-state index >= 15 is 0 Å². The highest BCUT2D eigenvalue weighted by molar-refractivity contribution is 6.36. The Morgan fingerprint density at radius 2 is 1.71 bits per heavy atom. The third-order valence-electron chi connectivity index (χ3n) is 5.09. The van der Waals surface area contributed by atoms with E-state index in [1.807, 2.05) is 13.8 Å². The maximum atomic E-state index is 13.3. The van der Waals surface area contributed by atoms with Crippen molar-refractivity contribution in [2.75, 3.05) is 0 Å². The molecule has 0 aromatic heterocycles. The van der Waals surface area contributed by atoms with E-state index in [4.69, 9.17) is 23.2 Å². The number of nitrogens with one attached hydrogen (secondary N) is 1. The second kappa shape index (κ2) is 11.1. The minimum Gasteiger partial charge on any atom is -0.352 e. The Balaban J connectivity index is 2.38. The number of para-hydroxylation sites is 1. The van der Waals surface area contributed by atoms with E-state index in [9.17, 15) is 19.7 Å². The smallest absolute Gasteiger partial charge is 0.273 e. The summed E-state index contributed by atoms with van der Waals surface area (Å²) in [6, 6.07) is 10.1. The van der Waals surface area contributed by atoms with Crippen molar-refractivity contribution in [2.24, 2.45) is 0 Å². The highest BCUT2D eigenvalue weighted by Crippen LogP contribution is 2.27. The Kier molecular flexibility index (Phi) is 8.83. The number of hydrogen-bond donors (Lipinski definition) is 1. The number of hydrogen-bond acceptors (Lipinski definition) is 4. The number of carbonyl (C=O) groups excluding carboxylic acids is 2. The van der Waals surface area contributed by atoms with Crippen molar-refractivity contribution in [3.05, 3.63) is 73.8 Å². The van der Waals surface area contributed by atoms with Gasteiger partial charge in [-0.2, -0.15) is 0 Å².